The quantitative estimate of drug-likeness (QED) is 0.473. The van der Waals surface area contributed by atoms with Crippen LogP contribution < -0.4 is 10.5 Å². The molecule has 4 N–H and O–H groups in total. The average Bonchev–Trinajstić information content (AvgIpc) is 2.36. The van der Waals surface area contributed by atoms with E-state index in [9.17, 15) is 18.3 Å². The number of nitrogens with one attached hydrogen (secondary N) is 1. The van der Waals surface area contributed by atoms with Gasteiger partial charge in [-0.25, -0.2) is 13.1 Å². The van der Waals surface area contributed by atoms with E-state index >= 15 is 0 Å². The molecule has 0 fully saturated rings. The summed E-state index contributed by atoms with van der Waals surface area (Å²) >= 11 is 0. The van der Waals surface area contributed by atoms with E-state index in [0.29, 0.717) is 11.3 Å². The van der Waals surface area contributed by atoms with Crippen molar-refractivity contribution in [3.8, 4) is 0 Å². The number of aliphatic hydroxyl groups is 1. The number of benzene rings is 1. The van der Waals surface area contributed by atoms with Crippen molar-refractivity contribution in [2.75, 3.05) is 24.6 Å². The number of nitrogen functional groups attached to an aromatic ring is 1. The van der Waals surface area contributed by atoms with Crippen LogP contribution in [0.2, 0.25) is 0 Å². The lowest BCUT2D eigenvalue weighted by Gasteiger charge is -2.12. The highest BCUT2D eigenvalue weighted by molar-refractivity contribution is 7.90. The summed E-state index contributed by atoms with van der Waals surface area (Å²) in [5.74, 6) is -1.60. The molecule has 0 aromatic heterocycles. The largest absolute Gasteiger partial charge is 0.465 e. The van der Waals surface area contributed by atoms with Crippen LogP contribution in [-0.2, 0) is 19.6 Å². The first kappa shape index (κ1) is 16.4. The molecule has 1 aromatic carbocycles. The Bertz CT molecular complexity index is 541. The second kappa shape index (κ2) is 7.22. The first-order valence-corrected chi connectivity index (χ1v) is 7.65. The van der Waals surface area contributed by atoms with Gasteiger partial charge in [-0.1, -0.05) is 12.1 Å². The van der Waals surface area contributed by atoms with Crippen LogP contribution in [-0.4, -0.2) is 38.4 Å². The summed E-state index contributed by atoms with van der Waals surface area (Å²) in [6.45, 7) is 1.47. The molecule has 0 aliphatic heterocycles. The molecule has 1 aromatic rings. The number of anilines is 1. The number of esters is 1. The summed E-state index contributed by atoms with van der Waals surface area (Å²) in [5, 5.41) is 9.83. The fraction of sp³-hybridized carbons (Fsp3) is 0.417. The van der Waals surface area contributed by atoms with Crippen molar-refractivity contribution in [2.45, 2.75) is 13.0 Å². The lowest BCUT2D eigenvalue weighted by atomic mass is 10.1. The van der Waals surface area contributed by atoms with E-state index in [1.807, 2.05) is 0 Å². The van der Waals surface area contributed by atoms with Gasteiger partial charge in [-0.15, -0.1) is 0 Å². The number of nitrogens with two attached hydrogens (primary N) is 1. The zero-order valence-electron chi connectivity index (χ0n) is 11.1. The molecule has 8 heteroatoms. The Morgan fingerprint density at radius 2 is 2.00 bits per heavy atom. The summed E-state index contributed by atoms with van der Waals surface area (Å²) in [5.41, 5.74) is 6.58. The number of hydrogen-bond acceptors (Lipinski definition) is 6. The molecule has 0 amide bonds. The van der Waals surface area contributed by atoms with Gasteiger partial charge in [0.2, 0.25) is 10.0 Å². The molecule has 112 valence electrons. The van der Waals surface area contributed by atoms with Crippen LogP contribution in [0.15, 0.2) is 24.3 Å². The monoisotopic (exact) mass is 302 g/mol. The predicted octanol–water partition coefficient (Wildman–Crippen LogP) is -0.215. The van der Waals surface area contributed by atoms with Gasteiger partial charge in [-0.05, 0) is 24.6 Å². The van der Waals surface area contributed by atoms with E-state index in [1.54, 1.807) is 31.2 Å². The maximum Gasteiger partial charge on any atom is 0.322 e. The highest BCUT2D eigenvalue weighted by Gasteiger charge is 2.19. The minimum absolute atomic E-state index is 0.114. The van der Waals surface area contributed by atoms with E-state index < -0.39 is 27.8 Å². The van der Waals surface area contributed by atoms with Gasteiger partial charge in [-0.2, -0.15) is 0 Å². The number of aliphatic hydroxyl groups excluding tert-OH is 1. The molecule has 0 radical (unpaired) electrons. The van der Waals surface area contributed by atoms with E-state index in [-0.39, 0.29) is 13.2 Å². The molecular weight excluding hydrogens is 284 g/mol. The van der Waals surface area contributed by atoms with Gasteiger partial charge in [0, 0.05) is 12.2 Å². The van der Waals surface area contributed by atoms with Crippen molar-refractivity contribution >= 4 is 21.7 Å². The second-order valence-electron chi connectivity index (χ2n) is 4.10. The molecule has 7 nitrogen and oxygen atoms in total. The molecule has 0 spiro atoms. The molecule has 0 bridgehead atoms. The SMILES string of the molecule is CCOC(=O)CS(=O)(=O)NCC(O)c1ccc(N)cc1. The van der Waals surface area contributed by atoms with E-state index in [4.69, 9.17) is 5.73 Å². The molecule has 0 saturated heterocycles. The first-order chi connectivity index (χ1) is 9.34. The molecule has 1 atom stereocenters. The minimum Gasteiger partial charge on any atom is -0.465 e. The van der Waals surface area contributed by atoms with Crippen molar-refractivity contribution in [2.24, 2.45) is 0 Å². The van der Waals surface area contributed by atoms with E-state index in [0.717, 1.165) is 0 Å². The topological polar surface area (TPSA) is 119 Å². The van der Waals surface area contributed by atoms with Gasteiger partial charge in [0.1, 0.15) is 0 Å². The Balaban J connectivity index is 2.53. The Morgan fingerprint density at radius 1 is 1.40 bits per heavy atom. The Kier molecular flexibility index (Phi) is 5.93. The van der Waals surface area contributed by atoms with Crippen molar-refractivity contribution in [3.05, 3.63) is 29.8 Å². The van der Waals surface area contributed by atoms with Gasteiger partial charge >= 0.3 is 5.97 Å². The third kappa shape index (κ3) is 5.55. The number of ether oxygens (including phenoxy) is 1. The number of carbonyl (C=O) groups is 1. The van der Waals surface area contributed by atoms with Gasteiger partial charge in [0.25, 0.3) is 0 Å². The number of rotatable bonds is 7. The van der Waals surface area contributed by atoms with Gasteiger partial charge < -0.3 is 15.6 Å². The molecule has 1 rings (SSSR count). The third-order valence-electron chi connectivity index (χ3n) is 2.43. The van der Waals surface area contributed by atoms with Crippen LogP contribution in [0.5, 0.6) is 0 Å². The van der Waals surface area contributed by atoms with Gasteiger partial charge in [0.05, 0.1) is 12.7 Å². The molecule has 1 unspecified atom stereocenters. The van der Waals surface area contributed by atoms with Crippen LogP contribution in [0.4, 0.5) is 5.69 Å². The first-order valence-electron chi connectivity index (χ1n) is 6.00. The molecule has 20 heavy (non-hydrogen) atoms. The molecule has 0 aliphatic rings. The van der Waals surface area contributed by atoms with Crippen molar-refractivity contribution < 1.29 is 23.1 Å². The summed E-state index contributed by atoms with van der Waals surface area (Å²) < 4.78 is 29.8. The highest BCUT2D eigenvalue weighted by Crippen LogP contribution is 2.14. The van der Waals surface area contributed by atoms with Crippen LogP contribution in [0.25, 0.3) is 0 Å². The fourth-order valence-corrected chi connectivity index (χ4v) is 2.36. The number of sulfonamides is 1. The van der Waals surface area contributed by atoms with Crippen LogP contribution in [0, 0.1) is 0 Å². The van der Waals surface area contributed by atoms with E-state index in [1.165, 1.54) is 0 Å². The average molecular weight is 302 g/mol. The van der Waals surface area contributed by atoms with Crippen molar-refractivity contribution in [3.63, 3.8) is 0 Å². The predicted molar refractivity (Wildman–Crippen MR) is 74.2 cm³/mol. The smallest absolute Gasteiger partial charge is 0.322 e. The molecular formula is C12H18N2O5S. The Hall–Kier alpha value is -1.64. The summed E-state index contributed by atoms with van der Waals surface area (Å²) in [4.78, 5) is 11.1. The lowest BCUT2D eigenvalue weighted by molar-refractivity contribution is -0.139. The zero-order valence-corrected chi connectivity index (χ0v) is 11.9. The van der Waals surface area contributed by atoms with Gasteiger partial charge in [-0.3, -0.25) is 4.79 Å². The van der Waals surface area contributed by atoms with Crippen molar-refractivity contribution in [1.82, 2.24) is 4.72 Å². The maximum atomic E-state index is 11.6. The summed E-state index contributed by atoms with van der Waals surface area (Å²) in [6.07, 6.45) is -1.02. The van der Waals surface area contributed by atoms with E-state index in [2.05, 4.69) is 9.46 Å². The standard InChI is InChI=1S/C12H18N2O5S/c1-2-19-12(16)8-20(17,18)14-7-11(15)9-3-5-10(13)6-4-9/h3-6,11,14-15H,2,7-8,13H2,1H3. The number of hydrogen-bond donors (Lipinski definition) is 3. The number of carbonyl (C=O) groups excluding carboxylic acids is 1. The van der Waals surface area contributed by atoms with Crippen LogP contribution in [0.1, 0.15) is 18.6 Å². The highest BCUT2D eigenvalue weighted by atomic mass is 32.2. The van der Waals surface area contributed by atoms with Crippen LogP contribution >= 0.6 is 0 Å². The second-order valence-corrected chi connectivity index (χ2v) is 5.90. The molecule has 0 heterocycles. The van der Waals surface area contributed by atoms with Crippen molar-refractivity contribution in [1.29, 1.82) is 0 Å². The maximum absolute atomic E-state index is 11.6. The Morgan fingerprint density at radius 3 is 2.55 bits per heavy atom. The minimum atomic E-state index is -3.82. The summed E-state index contributed by atoms with van der Waals surface area (Å²) in [7, 11) is -3.82. The fourth-order valence-electron chi connectivity index (χ4n) is 1.45. The van der Waals surface area contributed by atoms with Crippen LogP contribution in [0.3, 0.4) is 0 Å². The lowest BCUT2D eigenvalue weighted by Crippen LogP contribution is -2.33. The molecule has 0 aliphatic carbocycles. The Labute approximate surface area is 117 Å². The normalized spacial score (nSPS) is 12.9. The zero-order chi connectivity index (χ0) is 15.2. The third-order valence-corrected chi connectivity index (χ3v) is 3.65. The summed E-state index contributed by atoms with van der Waals surface area (Å²) in [6, 6.07) is 6.40. The van der Waals surface area contributed by atoms with Gasteiger partial charge in [0.15, 0.2) is 5.75 Å². The molecule has 0 saturated carbocycles.